The zero-order valence-corrected chi connectivity index (χ0v) is 11.4. The van der Waals surface area contributed by atoms with Crippen molar-refractivity contribution >= 4 is 28.4 Å². The van der Waals surface area contributed by atoms with E-state index in [-0.39, 0.29) is 6.10 Å². The van der Waals surface area contributed by atoms with Crippen molar-refractivity contribution in [2.75, 3.05) is 12.8 Å². The highest BCUT2D eigenvalue weighted by atomic mass is 127. The first kappa shape index (κ1) is 12.6. The minimum atomic E-state index is -0.0481. The Hall–Kier alpha value is -0.430. The third-order valence-corrected chi connectivity index (χ3v) is 3.52. The molecule has 0 spiro atoms. The first-order valence-electron chi connectivity index (χ1n) is 4.92. The molecule has 1 heterocycles. The van der Waals surface area contributed by atoms with Crippen LogP contribution in [0.25, 0.3) is 0 Å². The van der Waals surface area contributed by atoms with Gasteiger partial charge in [0.2, 0.25) is 0 Å². The van der Waals surface area contributed by atoms with E-state index in [0.717, 1.165) is 22.1 Å². The number of methoxy groups -OCH3 is 1. The second kappa shape index (κ2) is 5.60. The summed E-state index contributed by atoms with van der Waals surface area (Å²) in [5.74, 6) is 1.23. The fourth-order valence-corrected chi connectivity index (χ4v) is 1.60. The van der Waals surface area contributed by atoms with Crippen molar-refractivity contribution in [1.82, 2.24) is 9.97 Å². The molecule has 0 aliphatic carbocycles. The molecule has 0 saturated heterocycles. The summed E-state index contributed by atoms with van der Waals surface area (Å²) in [4.78, 5) is 8.66. The van der Waals surface area contributed by atoms with Crippen LogP contribution in [0.1, 0.15) is 37.4 Å². The van der Waals surface area contributed by atoms with E-state index in [4.69, 9.17) is 10.5 Å². The van der Waals surface area contributed by atoms with Gasteiger partial charge in [-0.2, -0.15) is 0 Å². The summed E-state index contributed by atoms with van der Waals surface area (Å²) in [6.45, 7) is 4.04. The molecule has 15 heavy (non-hydrogen) atoms. The van der Waals surface area contributed by atoms with Gasteiger partial charge in [-0.05, 0) is 35.9 Å². The summed E-state index contributed by atoms with van der Waals surface area (Å²) in [5, 5.41) is 0. The van der Waals surface area contributed by atoms with Crippen molar-refractivity contribution in [2.45, 2.75) is 32.8 Å². The maximum Gasteiger partial charge on any atom is 0.159 e. The van der Waals surface area contributed by atoms with Crippen LogP contribution in [-0.2, 0) is 4.74 Å². The Morgan fingerprint density at radius 3 is 2.60 bits per heavy atom. The average molecular weight is 321 g/mol. The van der Waals surface area contributed by atoms with Crippen LogP contribution >= 0.6 is 22.6 Å². The summed E-state index contributed by atoms with van der Waals surface area (Å²) in [6, 6.07) is 0. The Morgan fingerprint density at radius 2 is 2.13 bits per heavy atom. The van der Waals surface area contributed by atoms with E-state index in [0.29, 0.717) is 11.6 Å². The summed E-state index contributed by atoms with van der Waals surface area (Å²) in [5.41, 5.74) is 6.71. The number of hydrogen-bond donors (Lipinski definition) is 1. The zero-order chi connectivity index (χ0) is 11.4. The first-order valence-corrected chi connectivity index (χ1v) is 6.00. The standard InChI is InChI=1S/C10H16IN3O/c1-4-5-7(15-3)10-13-6(2)8(11)9(12)14-10/h7H,4-5H2,1-3H3,(H2,12,13,14). The van der Waals surface area contributed by atoms with Gasteiger partial charge in [0.25, 0.3) is 0 Å². The van der Waals surface area contributed by atoms with Gasteiger partial charge in [0.05, 0.1) is 9.26 Å². The molecule has 0 bridgehead atoms. The van der Waals surface area contributed by atoms with Crippen LogP contribution in [0, 0.1) is 10.5 Å². The van der Waals surface area contributed by atoms with Gasteiger partial charge in [-0.25, -0.2) is 9.97 Å². The van der Waals surface area contributed by atoms with Crippen molar-refractivity contribution in [3.05, 3.63) is 15.1 Å². The molecule has 0 aliphatic heterocycles. The van der Waals surface area contributed by atoms with E-state index in [1.807, 2.05) is 6.92 Å². The molecule has 0 amide bonds. The van der Waals surface area contributed by atoms with Gasteiger partial charge >= 0.3 is 0 Å². The van der Waals surface area contributed by atoms with Crippen LogP contribution in [0.4, 0.5) is 5.82 Å². The fraction of sp³-hybridized carbons (Fsp3) is 0.600. The number of nitrogen functional groups attached to an aromatic ring is 1. The predicted octanol–water partition coefficient (Wildman–Crippen LogP) is 2.46. The van der Waals surface area contributed by atoms with Crippen molar-refractivity contribution < 1.29 is 4.74 Å². The summed E-state index contributed by atoms with van der Waals surface area (Å²) >= 11 is 2.15. The monoisotopic (exact) mass is 321 g/mol. The maximum atomic E-state index is 5.80. The average Bonchev–Trinajstić information content (AvgIpc) is 2.22. The third kappa shape index (κ3) is 3.01. The van der Waals surface area contributed by atoms with E-state index in [1.54, 1.807) is 7.11 Å². The lowest BCUT2D eigenvalue weighted by Crippen LogP contribution is -2.11. The molecule has 1 rings (SSSR count). The molecule has 4 nitrogen and oxygen atoms in total. The number of halogens is 1. The molecular formula is C10H16IN3O. The molecule has 5 heteroatoms. The van der Waals surface area contributed by atoms with Crippen LogP contribution in [0.3, 0.4) is 0 Å². The Kier molecular flexibility index (Phi) is 4.72. The van der Waals surface area contributed by atoms with Gasteiger partial charge in [-0.3, -0.25) is 0 Å². The van der Waals surface area contributed by atoms with E-state index in [1.165, 1.54) is 0 Å². The van der Waals surface area contributed by atoms with Crippen molar-refractivity contribution in [3.8, 4) is 0 Å². The molecule has 0 saturated carbocycles. The van der Waals surface area contributed by atoms with Crippen molar-refractivity contribution in [2.24, 2.45) is 0 Å². The minimum Gasteiger partial charge on any atom is -0.383 e. The minimum absolute atomic E-state index is 0.0481. The van der Waals surface area contributed by atoms with E-state index < -0.39 is 0 Å². The molecule has 0 aromatic carbocycles. The van der Waals surface area contributed by atoms with Crippen LogP contribution in [-0.4, -0.2) is 17.1 Å². The number of nitrogens with two attached hydrogens (primary N) is 1. The maximum absolute atomic E-state index is 5.80. The van der Waals surface area contributed by atoms with Gasteiger partial charge in [-0.1, -0.05) is 13.3 Å². The number of rotatable bonds is 4. The van der Waals surface area contributed by atoms with E-state index in [2.05, 4.69) is 39.5 Å². The van der Waals surface area contributed by atoms with Gasteiger partial charge in [0.15, 0.2) is 5.82 Å². The number of aryl methyl sites for hydroxylation is 1. The molecule has 2 N–H and O–H groups in total. The van der Waals surface area contributed by atoms with Crippen LogP contribution < -0.4 is 5.73 Å². The lowest BCUT2D eigenvalue weighted by Gasteiger charge is -2.14. The number of hydrogen-bond acceptors (Lipinski definition) is 4. The molecule has 1 atom stereocenters. The summed E-state index contributed by atoms with van der Waals surface area (Å²) in [6.07, 6.45) is 1.90. The second-order valence-corrected chi connectivity index (χ2v) is 4.46. The highest BCUT2D eigenvalue weighted by molar-refractivity contribution is 14.1. The summed E-state index contributed by atoms with van der Waals surface area (Å²) < 4.78 is 6.26. The molecule has 0 fully saturated rings. The molecule has 0 radical (unpaired) electrons. The first-order chi connectivity index (χ1) is 7.10. The lowest BCUT2D eigenvalue weighted by atomic mass is 10.2. The smallest absolute Gasteiger partial charge is 0.159 e. The van der Waals surface area contributed by atoms with Crippen LogP contribution in [0.5, 0.6) is 0 Å². The second-order valence-electron chi connectivity index (χ2n) is 3.38. The molecular weight excluding hydrogens is 305 g/mol. The van der Waals surface area contributed by atoms with Crippen LogP contribution in [0.15, 0.2) is 0 Å². The van der Waals surface area contributed by atoms with Gasteiger partial charge < -0.3 is 10.5 Å². The molecule has 1 aromatic rings. The Morgan fingerprint density at radius 1 is 1.47 bits per heavy atom. The molecule has 0 aliphatic rings. The number of aromatic nitrogens is 2. The Bertz CT molecular complexity index is 320. The quantitative estimate of drug-likeness (QED) is 0.866. The van der Waals surface area contributed by atoms with Crippen molar-refractivity contribution in [1.29, 1.82) is 0 Å². The zero-order valence-electron chi connectivity index (χ0n) is 9.25. The topological polar surface area (TPSA) is 61.0 Å². The molecule has 84 valence electrons. The van der Waals surface area contributed by atoms with Crippen LogP contribution in [0.2, 0.25) is 0 Å². The lowest BCUT2D eigenvalue weighted by molar-refractivity contribution is 0.0875. The van der Waals surface area contributed by atoms with Gasteiger partial charge in [0.1, 0.15) is 11.9 Å². The number of ether oxygens (including phenoxy) is 1. The fourth-order valence-electron chi connectivity index (χ4n) is 1.36. The summed E-state index contributed by atoms with van der Waals surface area (Å²) in [7, 11) is 1.67. The Balaban J connectivity index is 3.03. The van der Waals surface area contributed by atoms with Crippen molar-refractivity contribution in [3.63, 3.8) is 0 Å². The Labute approximate surface area is 104 Å². The highest BCUT2D eigenvalue weighted by Gasteiger charge is 2.15. The molecule has 1 aromatic heterocycles. The number of nitrogens with zero attached hydrogens (tertiary/aromatic N) is 2. The number of anilines is 1. The highest BCUT2D eigenvalue weighted by Crippen LogP contribution is 2.22. The van der Waals surface area contributed by atoms with E-state index >= 15 is 0 Å². The largest absolute Gasteiger partial charge is 0.383 e. The van der Waals surface area contributed by atoms with Gasteiger partial charge in [0, 0.05) is 7.11 Å². The van der Waals surface area contributed by atoms with Gasteiger partial charge in [-0.15, -0.1) is 0 Å². The van der Waals surface area contributed by atoms with E-state index in [9.17, 15) is 0 Å². The predicted molar refractivity (Wildman–Crippen MR) is 68.6 cm³/mol. The molecule has 1 unspecified atom stereocenters. The normalized spacial score (nSPS) is 12.8. The SMILES string of the molecule is CCCC(OC)c1nc(C)c(I)c(N)n1. The third-order valence-electron chi connectivity index (χ3n) is 2.18.